The predicted octanol–water partition coefficient (Wildman–Crippen LogP) is 6.00. The number of alkyl halides is 3. The largest absolute Gasteiger partial charge is 0.573 e. The molecule has 3 aromatic carbocycles. The highest BCUT2D eigenvalue weighted by Gasteiger charge is 2.35. The predicted molar refractivity (Wildman–Crippen MR) is 142 cm³/mol. The van der Waals surface area contributed by atoms with Gasteiger partial charge in [-0.2, -0.15) is 0 Å². The molecule has 11 heteroatoms. The smallest absolute Gasteiger partial charge is 0.457 e. The molecule has 4 aromatic rings. The minimum absolute atomic E-state index is 0.0745. The molecule has 1 aromatic heterocycles. The number of amides is 2. The first kappa shape index (κ1) is 25.7. The van der Waals surface area contributed by atoms with E-state index in [2.05, 4.69) is 10.1 Å². The van der Waals surface area contributed by atoms with Crippen LogP contribution < -0.4 is 19.7 Å². The second kappa shape index (κ2) is 10.5. The Morgan fingerprint density at radius 2 is 1.38 bits per heavy atom. The highest BCUT2D eigenvalue weighted by Crippen LogP contribution is 2.28. The Morgan fingerprint density at radius 3 is 2.05 bits per heavy atom. The van der Waals surface area contributed by atoms with Gasteiger partial charge in [0, 0.05) is 17.6 Å². The Morgan fingerprint density at radius 1 is 0.769 bits per heavy atom. The van der Waals surface area contributed by atoms with Gasteiger partial charge in [0.1, 0.15) is 22.8 Å². The zero-order valence-corrected chi connectivity index (χ0v) is 20.7. The maximum absolute atomic E-state index is 13.4. The summed E-state index contributed by atoms with van der Waals surface area (Å²) >= 11 is 5.27. The van der Waals surface area contributed by atoms with Gasteiger partial charge in [-0.05, 0) is 91.1 Å². The molecule has 2 heterocycles. The number of rotatable bonds is 6. The van der Waals surface area contributed by atoms with E-state index in [1.807, 2.05) is 30.3 Å². The quantitative estimate of drug-likeness (QED) is 0.182. The van der Waals surface area contributed by atoms with Crippen LogP contribution >= 0.6 is 12.2 Å². The molecule has 0 radical (unpaired) electrons. The summed E-state index contributed by atoms with van der Waals surface area (Å²) in [6, 6.07) is 24.3. The Balaban J connectivity index is 1.39. The fourth-order valence-electron chi connectivity index (χ4n) is 3.88. The number of nitrogens with one attached hydrogen (secondary N) is 1. The van der Waals surface area contributed by atoms with Crippen molar-refractivity contribution in [2.24, 2.45) is 0 Å². The minimum Gasteiger partial charge on any atom is -0.457 e. The lowest BCUT2D eigenvalue weighted by atomic mass is 10.1. The summed E-state index contributed by atoms with van der Waals surface area (Å²) in [5.74, 6) is -0.485. The number of benzene rings is 3. The fourth-order valence-corrected chi connectivity index (χ4v) is 4.16. The second-order valence-electron chi connectivity index (χ2n) is 8.21. The number of carbonyl (C=O) groups is 2. The number of nitrogens with zero attached hydrogens (tertiary/aromatic N) is 2. The van der Waals surface area contributed by atoms with Crippen molar-refractivity contribution in [1.82, 2.24) is 9.88 Å². The van der Waals surface area contributed by atoms with Crippen molar-refractivity contribution >= 4 is 40.9 Å². The third-order valence-electron chi connectivity index (χ3n) is 5.60. The molecule has 2 amide bonds. The number of hydrogen-bond acceptors (Lipinski definition) is 5. The van der Waals surface area contributed by atoms with E-state index in [-0.39, 0.29) is 16.4 Å². The first-order valence-corrected chi connectivity index (χ1v) is 11.9. The van der Waals surface area contributed by atoms with Crippen LogP contribution in [-0.4, -0.2) is 27.9 Å². The maximum atomic E-state index is 13.4. The Labute approximate surface area is 225 Å². The van der Waals surface area contributed by atoms with Crippen molar-refractivity contribution in [2.45, 2.75) is 6.36 Å². The topological polar surface area (TPSA) is 72.8 Å². The van der Waals surface area contributed by atoms with Gasteiger partial charge < -0.3 is 14.0 Å². The van der Waals surface area contributed by atoms with Gasteiger partial charge >= 0.3 is 6.36 Å². The van der Waals surface area contributed by atoms with Crippen LogP contribution in [0.3, 0.4) is 0 Å². The van der Waals surface area contributed by atoms with Gasteiger partial charge in [-0.25, -0.2) is 0 Å². The Hall–Kier alpha value is -4.90. The molecule has 5 rings (SSSR count). The van der Waals surface area contributed by atoms with Crippen LogP contribution in [-0.2, 0) is 9.59 Å². The summed E-state index contributed by atoms with van der Waals surface area (Å²) in [4.78, 5) is 27.4. The van der Waals surface area contributed by atoms with Crippen molar-refractivity contribution in [3.05, 3.63) is 108 Å². The molecular formula is C28H18F3N3O4S. The van der Waals surface area contributed by atoms with Crippen LogP contribution in [0.25, 0.3) is 11.8 Å². The van der Waals surface area contributed by atoms with E-state index in [4.69, 9.17) is 17.0 Å². The summed E-state index contributed by atoms with van der Waals surface area (Å²) in [7, 11) is 0. The van der Waals surface area contributed by atoms with Crippen LogP contribution in [0.15, 0.2) is 103 Å². The van der Waals surface area contributed by atoms with Crippen molar-refractivity contribution in [3.63, 3.8) is 0 Å². The monoisotopic (exact) mass is 549 g/mol. The van der Waals surface area contributed by atoms with Gasteiger partial charge in [0.2, 0.25) is 0 Å². The number of hydrogen-bond donors (Lipinski definition) is 1. The van der Waals surface area contributed by atoms with E-state index in [0.29, 0.717) is 28.6 Å². The van der Waals surface area contributed by atoms with Crippen molar-refractivity contribution in [3.8, 4) is 22.9 Å². The number of thiocarbonyl (C=S) groups is 1. The van der Waals surface area contributed by atoms with Gasteiger partial charge in [0.15, 0.2) is 5.11 Å². The first-order chi connectivity index (χ1) is 18.7. The molecule has 0 aliphatic carbocycles. The average molecular weight is 550 g/mol. The van der Waals surface area contributed by atoms with E-state index in [9.17, 15) is 22.8 Å². The van der Waals surface area contributed by atoms with Crippen LogP contribution in [0.5, 0.6) is 17.2 Å². The van der Waals surface area contributed by atoms with Crippen LogP contribution in [0.2, 0.25) is 0 Å². The maximum Gasteiger partial charge on any atom is 0.573 e. The van der Waals surface area contributed by atoms with Crippen molar-refractivity contribution in [2.75, 3.05) is 4.90 Å². The molecule has 0 atom stereocenters. The lowest BCUT2D eigenvalue weighted by Crippen LogP contribution is -2.54. The second-order valence-corrected chi connectivity index (χ2v) is 8.60. The fraction of sp³-hybridized carbons (Fsp3) is 0.0357. The molecule has 39 heavy (non-hydrogen) atoms. The average Bonchev–Trinajstić information content (AvgIpc) is 3.36. The van der Waals surface area contributed by atoms with E-state index in [1.54, 1.807) is 47.2 Å². The Bertz CT molecular complexity index is 1560. The lowest BCUT2D eigenvalue weighted by Gasteiger charge is -2.29. The van der Waals surface area contributed by atoms with Crippen LogP contribution in [0, 0.1) is 0 Å². The normalized spacial score (nSPS) is 14.9. The molecule has 0 saturated carbocycles. The molecule has 0 spiro atoms. The van der Waals surface area contributed by atoms with Crippen molar-refractivity contribution in [1.29, 1.82) is 0 Å². The number of para-hydroxylation sites is 1. The summed E-state index contributed by atoms with van der Waals surface area (Å²) in [6.07, 6.45) is -1.77. The highest BCUT2D eigenvalue weighted by atomic mass is 32.1. The lowest BCUT2D eigenvalue weighted by molar-refractivity contribution is -0.274. The molecule has 196 valence electrons. The molecular weight excluding hydrogens is 531 g/mol. The SMILES string of the molecule is O=C1NC(=S)N(c2ccc(Oc3ccccc3)cc2)C(=O)C1=Cc1cccn1-c1ccc(OC(F)(F)F)cc1. The van der Waals surface area contributed by atoms with E-state index in [0.717, 1.165) is 0 Å². The zero-order chi connectivity index (χ0) is 27.6. The van der Waals surface area contributed by atoms with Crippen LogP contribution in [0.1, 0.15) is 5.69 Å². The molecule has 0 bridgehead atoms. The number of halogens is 3. The Kier molecular flexibility index (Phi) is 6.90. The molecule has 1 N–H and O–H groups in total. The zero-order valence-electron chi connectivity index (χ0n) is 19.9. The summed E-state index contributed by atoms with van der Waals surface area (Å²) in [5.41, 5.74) is 1.18. The van der Waals surface area contributed by atoms with Crippen LogP contribution in [0.4, 0.5) is 18.9 Å². The molecule has 1 aliphatic heterocycles. The van der Waals surface area contributed by atoms with E-state index >= 15 is 0 Å². The summed E-state index contributed by atoms with van der Waals surface area (Å²) in [5, 5.41) is 2.45. The number of ether oxygens (including phenoxy) is 2. The third-order valence-corrected chi connectivity index (χ3v) is 5.88. The summed E-state index contributed by atoms with van der Waals surface area (Å²) < 4.78 is 48.7. The highest BCUT2D eigenvalue weighted by molar-refractivity contribution is 7.80. The van der Waals surface area contributed by atoms with Gasteiger partial charge in [0.05, 0.1) is 5.69 Å². The van der Waals surface area contributed by atoms with Gasteiger partial charge in [-0.1, -0.05) is 18.2 Å². The number of aromatic nitrogens is 1. The van der Waals surface area contributed by atoms with Gasteiger partial charge in [-0.15, -0.1) is 13.2 Å². The van der Waals surface area contributed by atoms with Crippen molar-refractivity contribution < 1.29 is 32.2 Å². The first-order valence-electron chi connectivity index (χ1n) is 11.5. The molecule has 1 saturated heterocycles. The standard InChI is InChI=1S/C28H18F3N3O4S/c29-28(30,31)38-23-14-8-18(9-15-23)33-16-4-5-20(33)17-24-25(35)32-27(39)34(26(24)36)19-10-12-22(13-11-19)37-21-6-2-1-3-7-21/h1-17H,(H,32,35,39). The van der Waals surface area contributed by atoms with Gasteiger partial charge in [0.25, 0.3) is 11.8 Å². The van der Waals surface area contributed by atoms with E-state index < -0.39 is 18.2 Å². The number of anilines is 1. The molecule has 1 fully saturated rings. The van der Waals surface area contributed by atoms with E-state index in [1.165, 1.54) is 35.2 Å². The third kappa shape index (κ3) is 5.83. The van der Waals surface area contributed by atoms with Gasteiger partial charge in [-0.3, -0.25) is 19.8 Å². The summed E-state index contributed by atoms with van der Waals surface area (Å²) in [6.45, 7) is 0. The minimum atomic E-state index is -4.80. The molecule has 1 aliphatic rings. The number of carbonyl (C=O) groups excluding carboxylic acids is 2. The molecule has 0 unspecified atom stereocenters. The molecule has 7 nitrogen and oxygen atoms in total.